The molecule has 0 atom stereocenters. The molecule has 32 heavy (non-hydrogen) atoms. The Bertz CT molecular complexity index is 613. The highest BCUT2D eigenvalue weighted by Crippen LogP contribution is 2.14. The topological polar surface area (TPSA) is 144 Å². The molecule has 0 radical (unpaired) electrons. The number of hydrogen-bond donors (Lipinski definition) is 0. The van der Waals surface area contributed by atoms with Crippen molar-refractivity contribution in [1.82, 2.24) is 0 Å². The Morgan fingerprint density at radius 2 is 0.750 bits per heavy atom. The van der Waals surface area contributed by atoms with E-state index in [1.54, 1.807) is 27.7 Å². The lowest BCUT2D eigenvalue weighted by atomic mass is 10.1. The number of nitrogens with zero attached hydrogens (tertiary/aromatic N) is 7. The quantitative estimate of drug-likeness (QED) is 0.156. The summed E-state index contributed by atoms with van der Waals surface area (Å²) in [5.41, 5.74) is -1.68. The van der Waals surface area contributed by atoms with Gasteiger partial charge in [0.25, 0.3) is 0 Å². The van der Waals surface area contributed by atoms with Crippen molar-refractivity contribution in [2.45, 2.75) is 97.6 Å². The fourth-order valence-electron chi connectivity index (χ4n) is 0.295. The van der Waals surface area contributed by atoms with E-state index >= 15 is 0 Å². The van der Waals surface area contributed by atoms with Crippen LogP contribution in [0, 0.1) is 68.5 Å². The second-order valence-electron chi connectivity index (χ2n) is 7.69. The highest BCUT2D eigenvalue weighted by Gasteiger charge is 2.19. The van der Waals surface area contributed by atoms with Crippen molar-refractivity contribution in [1.29, 1.82) is 26.3 Å². The van der Waals surface area contributed by atoms with Gasteiger partial charge in [0.1, 0.15) is 3.42 Å². The summed E-state index contributed by atoms with van der Waals surface area (Å²) in [4.78, 5) is 0. The van der Waals surface area contributed by atoms with Gasteiger partial charge in [-0.1, -0.05) is 36.4 Å². The highest BCUT2D eigenvalue weighted by atomic mass is 128. The summed E-state index contributed by atoms with van der Waals surface area (Å²) >= 11 is 6.32. The van der Waals surface area contributed by atoms with Crippen molar-refractivity contribution in [3.63, 3.8) is 0 Å². The maximum Gasteiger partial charge on any atom is 0.162 e. The van der Waals surface area contributed by atoms with Gasteiger partial charge in [-0.25, -0.2) is 0 Å². The van der Waals surface area contributed by atoms with Crippen LogP contribution in [0.4, 0.5) is 0 Å². The van der Waals surface area contributed by atoms with Crippen LogP contribution in [0.5, 0.6) is 0 Å². The molecule has 0 saturated heterocycles. The third-order valence-electron chi connectivity index (χ3n) is 1.88. The van der Waals surface area contributed by atoms with Crippen LogP contribution in [0.25, 0.3) is 0 Å². The van der Waals surface area contributed by atoms with Gasteiger partial charge in [0.2, 0.25) is 0 Å². The molecule has 0 aliphatic carbocycles. The van der Waals surface area contributed by atoms with Crippen molar-refractivity contribution in [3.05, 3.63) is 0 Å². The lowest BCUT2D eigenvalue weighted by Crippen LogP contribution is -2.17. The number of nitriles is 5. The second-order valence-corrected chi connectivity index (χ2v) is 10.4. The molecule has 182 valence electrons. The second kappa shape index (κ2) is 28.3. The molecule has 0 bridgehead atoms. The van der Waals surface area contributed by atoms with E-state index in [4.69, 9.17) is 26.3 Å². The first-order valence-corrected chi connectivity index (χ1v) is 17.1. The number of rotatable bonds is 2. The number of halogens is 3. The van der Waals surface area contributed by atoms with E-state index in [0.717, 1.165) is 0 Å². The first-order chi connectivity index (χ1) is 14.4. The molecule has 0 unspecified atom stereocenters. The minimum atomic E-state index is -0.839. The third-order valence-corrected chi connectivity index (χ3v) is 2.12. The van der Waals surface area contributed by atoms with E-state index in [0.29, 0.717) is 0 Å². The first-order valence-electron chi connectivity index (χ1n) is 9.73. The standard InChI is InChI=1S/C8H12N4.C4H6IN.2C4H7N.C2H6.I2/c1-7(2,5-9)11-12-8(3,4)6-10;1-4(2,5)3-6;2*1-4(2)3-5;2*1-2/h1-4H3;1-2H3;2*4H,1-2H3;1-2H3;. The molecule has 10 heteroatoms. The molecular weight excluding hydrogens is 743 g/mol. The van der Waals surface area contributed by atoms with Crippen LogP contribution in [0.1, 0.15) is 83.1 Å². The average molecular weight is 781 g/mol. The molecule has 0 rings (SSSR count). The molecule has 0 aliphatic heterocycles. The average Bonchev–Trinajstić information content (AvgIpc) is 2.76. The Morgan fingerprint density at radius 1 is 0.594 bits per heavy atom. The van der Waals surface area contributed by atoms with Gasteiger partial charge in [-0.05, 0) is 69.2 Å². The van der Waals surface area contributed by atoms with Crippen molar-refractivity contribution in [2.75, 3.05) is 0 Å². The largest absolute Gasteiger partial charge is 0.198 e. The van der Waals surface area contributed by atoms with Gasteiger partial charge in [-0.2, -0.15) is 36.5 Å². The van der Waals surface area contributed by atoms with E-state index in [1.807, 2.05) is 79.7 Å². The zero-order chi connectivity index (χ0) is 27.6. The first kappa shape index (κ1) is 44.8. The molecule has 0 aromatic carbocycles. The van der Waals surface area contributed by atoms with Crippen molar-refractivity contribution >= 4 is 59.8 Å². The number of hydrogen-bond acceptors (Lipinski definition) is 7. The van der Waals surface area contributed by atoms with Crippen LogP contribution in [0.2, 0.25) is 0 Å². The summed E-state index contributed by atoms with van der Waals surface area (Å²) in [5, 5.41) is 48.6. The van der Waals surface area contributed by atoms with Crippen LogP contribution < -0.4 is 0 Å². The predicted octanol–water partition coefficient (Wildman–Crippen LogP) is 8.90. The lowest BCUT2D eigenvalue weighted by molar-refractivity contribution is 0.541. The summed E-state index contributed by atoms with van der Waals surface area (Å²) in [5.74, 6) is 0.380. The van der Waals surface area contributed by atoms with Crippen LogP contribution in [0.3, 0.4) is 0 Å². The Labute approximate surface area is 234 Å². The van der Waals surface area contributed by atoms with Crippen molar-refractivity contribution in [3.8, 4) is 30.3 Å². The Balaban J connectivity index is -0.0000000718. The minimum Gasteiger partial charge on any atom is -0.198 e. The zero-order valence-corrected chi connectivity index (χ0v) is 27.9. The van der Waals surface area contributed by atoms with Gasteiger partial charge in [-0.3, -0.25) is 0 Å². The summed E-state index contributed by atoms with van der Waals surface area (Å²) in [6, 6.07) is 10.1. The molecule has 0 fully saturated rings. The van der Waals surface area contributed by atoms with Gasteiger partial charge < -0.3 is 0 Å². The third kappa shape index (κ3) is 63.0. The monoisotopic (exact) mass is 781 g/mol. The molecular formula is C22H38I3N7. The van der Waals surface area contributed by atoms with Crippen molar-refractivity contribution < 1.29 is 0 Å². The van der Waals surface area contributed by atoms with Gasteiger partial charge in [0.15, 0.2) is 11.1 Å². The number of alkyl halides is 1. The van der Waals surface area contributed by atoms with Crippen molar-refractivity contribution in [2.24, 2.45) is 22.1 Å². The summed E-state index contributed by atoms with van der Waals surface area (Å²) in [7, 11) is 0. The molecule has 0 aliphatic rings. The van der Waals surface area contributed by atoms with Gasteiger partial charge >= 0.3 is 0 Å². The van der Waals surface area contributed by atoms with E-state index < -0.39 is 11.1 Å². The van der Waals surface area contributed by atoms with E-state index in [-0.39, 0.29) is 15.3 Å². The van der Waals surface area contributed by atoms with Crippen LogP contribution in [-0.2, 0) is 0 Å². The highest BCUT2D eigenvalue weighted by molar-refractivity contribution is 15.0. The van der Waals surface area contributed by atoms with E-state index in [1.165, 1.54) is 0 Å². The minimum absolute atomic E-state index is 0.183. The Hall–Kier alpha value is -0.760. The predicted molar refractivity (Wildman–Crippen MR) is 158 cm³/mol. The van der Waals surface area contributed by atoms with Crippen LogP contribution in [0.15, 0.2) is 10.2 Å². The molecule has 7 nitrogen and oxygen atoms in total. The molecule has 0 N–H and O–H groups in total. The Morgan fingerprint density at radius 3 is 0.812 bits per heavy atom. The van der Waals surface area contributed by atoms with Crippen LogP contribution in [-0.4, -0.2) is 14.5 Å². The van der Waals surface area contributed by atoms with Gasteiger partial charge in [0, 0.05) is 49.1 Å². The molecule has 0 aromatic heterocycles. The van der Waals surface area contributed by atoms with Gasteiger partial charge in [-0.15, -0.1) is 0 Å². The fourth-order valence-corrected chi connectivity index (χ4v) is 0.295. The zero-order valence-electron chi connectivity index (χ0n) is 21.4. The SMILES string of the molecule is CC.CC(C)(C#N)N=NC(C)(C)C#N.CC(C)(I)C#N.CC(C)C#N.CC(C)C#N.II. The number of azo groups is 1. The molecule has 0 spiro atoms. The molecule has 0 heterocycles. The van der Waals surface area contributed by atoms with Gasteiger partial charge in [0.05, 0.1) is 30.3 Å². The Kier molecular flexibility index (Phi) is 39.6. The molecule has 0 saturated carbocycles. The molecule has 0 aromatic rings. The van der Waals surface area contributed by atoms with E-state index in [9.17, 15) is 0 Å². The lowest BCUT2D eigenvalue weighted by Gasteiger charge is -2.11. The summed E-state index contributed by atoms with van der Waals surface area (Å²) in [6.45, 7) is 21.8. The molecule has 0 amide bonds. The maximum absolute atomic E-state index is 8.58. The van der Waals surface area contributed by atoms with E-state index in [2.05, 4.69) is 76.1 Å². The fraction of sp³-hybridized carbons (Fsp3) is 0.773. The summed E-state index contributed by atoms with van der Waals surface area (Å²) < 4.78 is -0.183. The summed E-state index contributed by atoms with van der Waals surface area (Å²) in [6.07, 6.45) is 0. The van der Waals surface area contributed by atoms with Crippen LogP contribution >= 0.6 is 59.8 Å². The smallest absolute Gasteiger partial charge is 0.162 e. The normalized spacial score (nSPS) is 9.38. The maximum atomic E-state index is 8.58.